The van der Waals surface area contributed by atoms with Crippen molar-refractivity contribution in [2.45, 2.75) is 127 Å². The van der Waals surface area contributed by atoms with Gasteiger partial charge in [-0.05, 0) is 30.4 Å². The summed E-state index contributed by atoms with van der Waals surface area (Å²) in [4.78, 5) is 16.4. The molecule has 0 saturated carbocycles. The van der Waals surface area contributed by atoms with E-state index >= 15 is 0 Å². The van der Waals surface area contributed by atoms with E-state index in [1.807, 2.05) is 51.1 Å². The predicted molar refractivity (Wildman–Crippen MR) is 157 cm³/mol. The van der Waals surface area contributed by atoms with Crippen LogP contribution in [0.15, 0.2) is 35.4 Å². The molecule has 10 atom stereocenters. The highest BCUT2D eigenvalue weighted by molar-refractivity contribution is 5.75. The fourth-order valence-electron chi connectivity index (χ4n) is 5.44. The van der Waals surface area contributed by atoms with E-state index in [0.717, 1.165) is 44.1 Å². The van der Waals surface area contributed by atoms with Crippen LogP contribution in [0.3, 0.4) is 0 Å². The Balaban J connectivity index is 1.61. The van der Waals surface area contributed by atoms with Gasteiger partial charge in [-0.1, -0.05) is 75.5 Å². The van der Waals surface area contributed by atoms with Crippen LogP contribution in [0.25, 0.3) is 10.4 Å². The second kappa shape index (κ2) is 18.0. The SMILES string of the molecule is CCCCOC1[C@H](O[C@@H]2O[C@@H](C(=O)OCc3ccccc3)[C@@H](O)C(OCCCC)[C@@H]2OCCCC)C2CO[C@H](O2)[C@H]1N=[N+]=[N-]. The summed E-state index contributed by atoms with van der Waals surface area (Å²) >= 11 is 0. The van der Waals surface area contributed by atoms with Gasteiger partial charge in [-0.3, -0.25) is 0 Å². The standard InChI is InChI=1S/C31H47N3O10/c1-4-7-15-37-25-22(33-34-32)30-41-19-21(42-30)24(25)43-31-28(39-17-9-6-3)26(38-16-8-5-2)23(35)27(44-31)29(36)40-18-20-13-11-10-12-14-20/h10-14,21-28,30-31,35H,4-9,15-19H2,1-3H3/t21?,22-,23-,24+,25?,26?,27+,28-,30+,31+/m0/s1. The second-order valence-electron chi connectivity index (χ2n) is 11.2. The van der Waals surface area contributed by atoms with Gasteiger partial charge in [-0.15, -0.1) is 0 Å². The number of hydrogen-bond donors (Lipinski definition) is 1. The average Bonchev–Trinajstić information content (AvgIpc) is 3.48. The molecule has 0 radical (unpaired) electrons. The van der Waals surface area contributed by atoms with Crippen molar-refractivity contribution in [3.63, 3.8) is 0 Å². The topological polar surface area (TPSA) is 160 Å². The summed E-state index contributed by atoms with van der Waals surface area (Å²) in [5.41, 5.74) is 10.1. The Kier molecular flexibility index (Phi) is 14.1. The number of carbonyl (C=O) groups excluding carboxylic acids is 1. The largest absolute Gasteiger partial charge is 0.459 e. The van der Waals surface area contributed by atoms with E-state index in [-0.39, 0.29) is 13.2 Å². The third-order valence-electron chi connectivity index (χ3n) is 7.92. The molecule has 0 aromatic heterocycles. The molecule has 246 valence electrons. The van der Waals surface area contributed by atoms with Crippen molar-refractivity contribution >= 4 is 5.97 Å². The van der Waals surface area contributed by atoms with Gasteiger partial charge in [0.15, 0.2) is 18.7 Å². The molecule has 3 fully saturated rings. The molecular weight excluding hydrogens is 574 g/mol. The molecule has 0 aliphatic carbocycles. The Bertz CT molecular complexity index is 1040. The van der Waals surface area contributed by atoms with Gasteiger partial charge in [-0.25, -0.2) is 4.79 Å². The van der Waals surface area contributed by atoms with Crippen LogP contribution in [0.2, 0.25) is 0 Å². The van der Waals surface area contributed by atoms with Gasteiger partial charge in [0.1, 0.15) is 43.2 Å². The van der Waals surface area contributed by atoms with Crippen molar-refractivity contribution in [3.8, 4) is 0 Å². The first-order valence-corrected chi connectivity index (χ1v) is 15.9. The van der Waals surface area contributed by atoms with Crippen molar-refractivity contribution in [2.24, 2.45) is 5.11 Å². The first-order chi connectivity index (χ1) is 21.5. The predicted octanol–water partition coefficient (Wildman–Crippen LogP) is 4.19. The Hall–Kier alpha value is -2.32. The number of unbranched alkanes of at least 4 members (excludes halogenated alkanes) is 3. The van der Waals surface area contributed by atoms with E-state index in [4.69, 9.17) is 37.9 Å². The van der Waals surface area contributed by atoms with E-state index in [1.54, 1.807) is 0 Å². The van der Waals surface area contributed by atoms with Crippen molar-refractivity contribution < 1.29 is 47.8 Å². The van der Waals surface area contributed by atoms with Crippen LogP contribution < -0.4 is 0 Å². The Morgan fingerprint density at radius 1 is 0.932 bits per heavy atom. The number of aliphatic hydroxyl groups is 1. The van der Waals surface area contributed by atoms with Crippen molar-refractivity contribution in [2.75, 3.05) is 26.4 Å². The molecule has 4 rings (SSSR count). The molecule has 13 nitrogen and oxygen atoms in total. The smallest absolute Gasteiger partial charge is 0.338 e. The highest BCUT2D eigenvalue weighted by atomic mass is 16.8. The summed E-state index contributed by atoms with van der Waals surface area (Å²) in [7, 11) is 0. The van der Waals surface area contributed by atoms with Gasteiger partial charge in [0.25, 0.3) is 0 Å². The lowest BCUT2D eigenvalue weighted by Crippen LogP contribution is -2.65. The monoisotopic (exact) mass is 621 g/mol. The average molecular weight is 622 g/mol. The molecule has 1 N–H and O–H groups in total. The van der Waals surface area contributed by atoms with Crippen LogP contribution in [0.4, 0.5) is 0 Å². The number of esters is 1. The molecule has 13 heteroatoms. The van der Waals surface area contributed by atoms with Gasteiger partial charge in [-0.2, -0.15) is 0 Å². The van der Waals surface area contributed by atoms with Crippen LogP contribution in [0, 0.1) is 0 Å². The number of nitrogens with zero attached hydrogens (tertiary/aromatic N) is 3. The zero-order chi connectivity index (χ0) is 31.3. The summed E-state index contributed by atoms with van der Waals surface area (Å²) in [6.07, 6.45) is -3.65. The van der Waals surface area contributed by atoms with Gasteiger partial charge in [0.05, 0.1) is 12.7 Å². The van der Waals surface area contributed by atoms with E-state index < -0.39 is 67.3 Å². The Labute approximate surface area is 259 Å². The molecular formula is C31H47N3O10. The lowest BCUT2D eigenvalue weighted by atomic mass is 9.96. The Morgan fingerprint density at radius 3 is 2.20 bits per heavy atom. The number of benzene rings is 1. The molecule has 3 aliphatic rings. The first-order valence-electron chi connectivity index (χ1n) is 15.9. The van der Waals surface area contributed by atoms with E-state index in [2.05, 4.69) is 10.0 Å². The van der Waals surface area contributed by atoms with E-state index in [9.17, 15) is 15.4 Å². The molecule has 0 amide bonds. The molecule has 1 aromatic carbocycles. The molecule has 44 heavy (non-hydrogen) atoms. The Morgan fingerprint density at radius 2 is 1.57 bits per heavy atom. The fraction of sp³-hybridized carbons (Fsp3) is 0.774. The maximum Gasteiger partial charge on any atom is 0.338 e. The number of ether oxygens (including phenoxy) is 8. The number of fused-ring (bicyclic) bond motifs is 2. The number of hydrogen-bond acceptors (Lipinski definition) is 11. The summed E-state index contributed by atoms with van der Waals surface area (Å²) in [5, 5.41) is 15.4. The van der Waals surface area contributed by atoms with Gasteiger partial charge >= 0.3 is 5.97 Å². The number of azide groups is 1. The van der Waals surface area contributed by atoms with Crippen LogP contribution in [0.5, 0.6) is 0 Å². The normalized spacial score (nSPS) is 33.1. The second-order valence-corrected chi connectivity index (χ2v) is 11.2. The van der Waals surface area contributed by atoms with E-state index in [0.29, 0.717) is 19.8 Å². The van der Waals surface area contributed by atoms with Crippen molar-refractivity contribution in [1.82, 2.24) is 0 Å². The van der Waals surface area contributed by atoms with Gasteiger partial charge in [0.2, 0.25) is 0 Å². The first kappa shape index (κ1) is 34.6. The molecule has 2 bridgehead atoms. The zero-order valence-corrected chi connectivity index (χ0v) is 25.9. The van der Waals surface area contributed by atoms with Crippen LogP contribution >= 0.6 is 0 Å². The van der Waals surface area contributed by atoms with E-state index in [1.165, 1.54) is 0 Å². The van der Waals surface area contributed by atoms with Gasteiger partial charge < -0.3 is 43.0 Å². The summed E-state index contributed by atoms with van der Waals surface area (Å²) in [6, 6.07) is 8.44. The maximum atomic E-state index is 13.4. The quantitative estimate of drug-likeness (QED) is 0.0828. The highest BCUT2D eigenvalue weighted by Gasteiger charge is 2.56. The zero-order valence-electron chi connectivity index (χ0n) is 25.9. The lowest BCUT2D eigenvalue weighted by Gasteiger charge is -2.46. The minimum absolute atomic E-state index is 0.00795. The molecule has 0 spiro atoms. The minimum atomic E-state index is -1.41. The third kappa shape index (κ3) is 8.90. The number of aliphatic hydroxyl groups excluding tert-OH is 1. The third-order valence-corrected chi connectivity index (χ3v) is 7.92. The van der Waals surface area contributed by atoms with Crippen LogP contribution in [0.1, 0.15) is 64.9 Å². The maximum absolute atomic E-state index is 13.4. The molecule has 1 aromatic rings. The molecule has 3 heterocycles. The summed E-state index contributed by atoms with van der Waals surface area (Å²) in [5.74, 6) is -0.752. The molecule has 3 aliphatic heterocycles. The molecule has 3 saturated heterocycles. The summed E-state index contributed by atoms with van der Waals surface area (Å²) < 4.78 is 48.8. The number of carbonyl (C=O) groups is 1. The van der Waals surface area contributed by atoms with Crippen LogP contribution in [-0.4, -0.2) is 98.9 Å². The van der Waals surface area contributed by atoms with Gasteiger partial charge in [0, 0.05) is 24.7 Å². The number of rotatable bonds is 18. The lowest BCUT2D eigenvalue weighted by molar-refractivity contribution is -0.338. The highest BCUT2D eigenvalue weighted by Crippen LogP contribution is 2.37. The summed E-state index contributed by atoms with van der Waals surface area (Å²) in [6.45, 7) is 7.45. The fourth-order valence-corrected chi connectivity index (χ4v) is 5.44. The van der Waals surface area contributed by atoms with Crippen molar-refractivity contribution in [3.05, 3.63) is 46.3 Å². The minimum Gasteiger partial charge on any atom is -0.459 e. The van der Waals surface area contributed by atoms with Crippen molar-refractivity contribution in [1.29, 1.82) is 0 Å². The van der Waals surface area contributed by atoms with Crippen LogP contribution in [-0.2, 0) is 49.3 Å². The molecule has 3 unspecified atom stereocenters.